The van der Waals surface area contributed by atoms with E-state index in [1.54, 1.807) is 6.92 Å². The third-order valence-electron chi connectivity index (χ3n) is 2.95. The first-order valence-electron chi connectivity index (χ1n) is 6.37. The van der Waals surface area contributed by atoms with Crippen molar-refractivity contribution in [2.45, 2.75) is 32.0 Å². The predicted octanol–water partition coefficient (Wildman–Crippen LogP) is -0.219. The molecule has 0 aliphatic rings. The molecule has 0 fully saturated rings. The smallest absolute Gasteiger partial charge is 0.242 e. The molecule has 106 valence electrons. The standard InChI is InChI=1S/C13H17N5O2/c1-10(12(19)7-11-5-3-2-4-6-11)15-13(20)8-18-9-14-16-17-18/h2-6,9-10,12,19H,7-8H2,1H3,(H,15,20). The average molecular weight is 275 g/mol. The van der Waals surface area contributed by atoms with Gasteiger partial charge in [0.15, 0.2) is 0 Å². The van der Waals surface area contributed by atoms with Gasteiger partial charge in [-0.05, 0) is 22.9 Å². The Bertz CT molecular complexity index is 529. The van der Waals surface area contributed by atoms with E-state index in [0.29, 0.717) is 6.42 Å². The van der Waals surface area contributed by atoms with E-state index in [2.05, 4.69) is 20.8 Å². The lowest BCUT2D eigenvalue weighted by Crippen LogP contribution is -2.43. The molecule has 1 heterocycles. The number of hydrogen-bond donors (Lipinski definition) is 2. The van der Waals surface area contributed by atoms with Gasteiger partial charge in [0.25, 0.3) is 0 Å². The molecule has 1 aromatic carbocycles. The van der Waals surface area contributed by atoms with Crippen LogP contribution in [0.4, 0.5) is 0 Å². The summed E-state index contributed by atoms with van der Waals surface area (Å²) in [6, 6.07) is 9.30. The number of aliphatic hydroxyl groups excluding tert-OH is 1. The minimum atomic E-state index is -0.643. The lowest BCUT2D eigenvalue weighted by molar-refractivity contribution is -0.123. The van der Waals surface area contributed by atoms with Gasteiger partial charge in [0.05, 0.1) is 12.1 Å². The van der Waals surface area contributed by atoms with Crippen molar-refractivity contribution in [3.8, 4) is 0 Å². The van der Waals surface area contributed by atoms with Gasteiger partial charge in [-0.15, -0.1) is 5.10 Å². The topological polar surface area (TPSA) is 92.9 Å². The number of rotatable bonds is 6. The normalized spacial score (nSPS) is 13.7. The summed E-state index contributed by atoms with van der Waals surface area (Å²) in [6.45, 7) is 1.81. The number of tetrazole rings is 1. The van der Waals surface area contributed by atoms with Gasteiger partial charge in [-0.3, -0.25) is 4.79 Å². The molecule has 0 aliphatic heterocycles. The number of nitrogens with one attached hydrogen (secondary N) is 1. The van der Waals surface area contributed by atoms with E-state index in [4.69, 9.17) is 0 Å². The predicted molar refractivity (Wildman–Crippen MR) is 71.6 cm³/mol. The summed E-state index contributed by atoms with van der Waals surface area (Å²) in [5.74, 6) is -0.239. The zero-order valence-corrected chi connectivity index (χ0v) is 11.2. The van der Waals surface area contributed by atoms with Gasteiger partial charge in [0, 0.05) is 6.42 Å². The molecule has 7 nitrogen and oxygen atoms in total. The summed E-state index contributed by atoms with van der Waals surface area (Å²) in [5, 5.41) is 23.3. The van der Waals surface area contributed by atoms with Crippen LogP contribution in [-0.4, -0.2) is 43.4 Å². The molecule has 20 heavy (non-hydrogen) atoms. The fraction of sp³-hybridized carbons (Fsp3) is 0.385. The van der Waals surface area contributed by atoms with Crippen molar-refractivity contribution in [1.29, 1.82) is 0 Å². The molecule has 0 saturated heterocycles. The van der Waals surface area contributed by atoms with Gasteiger partial charge in [0.2, 0.25) is 5.91 Å². The monoisotopic (exact) mass is 275 g/mol. The number of aromatic nitrogens is 4. The first-order chi connectivity index (χ1) is 9.65. The second-order valence-corrected chi connectivity index (χ2v) is 4.62. The van der Waals surface area contributed by atoms with Crippen molar-refractivity contribution < 1.29 is 9.90 Å². The number of amides is 1. The molecule has 2 N–H and O–H groups in total. The molecule has 0 radical (unpaired) electrons. The second-order valence-electron chi connectivity index (χ2n) is 4.62. The number of carbonyl (C=O) groups is 1. The number of aliphatic hydroxyl groups is 1. The van der Waals surface area contributed by atoms with Gasteiger partial charge >= 0.3 is 0 Å². The lowest BCUT2D eigenvalue weighted by Gasteiger charge is -2.20. The average Bonchev–Trinajstić information content (AvgIpc) is 2.92. The van der Waals surface area contributed by atoms with Crippen LogP contribution in [0, 0.1) is 0 Å². The Morgan fingerprint density at radius 2 is 2.15 bits per heavy atom. The maximum absolute atomic E-state index is 11.7. The maximum Gasteiger partial charge on any atom is 0.242 e. The molecule has 0 aliphatic carbocycles. The molecular formula is C13H17N5O2. The van der Waals surface area contributed by atoms with E-state index < -0.39 is 6.10 Å². The Hall–Kier alpha value is -2.28. The van der Waals surface area contributed by atoms with E-state index >= 15 is 0 Å². The van der Waals surface area contributed by atoms with Gasteiger partial charge in [-0.25, -0.2) is 4.68 Å². The largest absolute Gasteiger partial charge is 0.391 e. The van der Waals surface area contributed by atoms with Crippen LogP contribution in [0.25, 0.3) is 0 Å². The van der Waals surface area contributed by atoms with E-state index in [1.165, 1.54) is 11.0 Å². The maximum atomic E-state index is 11.7. The molecular weight excluding hydrogens is 258 g/mol. The highest BCUT2D eigenvalue weighted by Crippen LogP contribution is 2.05. The molecule has 0 saturated carbocycles. The Kier molecular flexibility index (Phi) is 4.78. The summed E-state index contributed by atoms with van der Waals surface area (Å²) in [5.41, 5.74) is 1.03. The van der Waals surface area contributed by atoms with E-state index in [0.717, 1.165) is 5.56 Å². The van der Waals surface area contributed by atoms with Crippen LogP contribution in [0.3, 0.4) is 0 Å². The third-order valence-corrected chi connectivity index (χ3v) is 2.95. The minimum absolute atomic E-state index is 0.0371. The Morgan fingerprint density at radius 1 is 1.40 bits per heavy atom. The van der Waals surface area contributed by atoms with E-state index in [1.807, 2.05) is 30.3 Å². The number of benzene rings is 1. The minimum Gasteiger partial charge on any atom is -0.391 e. The first kappa shape index (κ1) is 14.1. The molecule has 2 rings (SSSR count). The number of hydrogen-bond acceptors (Lipinski definition) is 5. The summed E-state index contributed by atoms with van der Waals surface area (Å²) in [6.07, 6.45) is 1.22. The summed E-state index contributed by atoms with van der Waals surface area (Å²) in [7, 11) is 0. The fourth-order valence-corrected chi connectivity index (χ4v) is 1.83. The highest BCUT2D eigenvalue weighted by molar-refractivity contribution is 5.75. The highest BCUT2D eigenvalue weighted by atomic mass is 16.3. The van der Waals surface area contributed by atoms with Gasteiger partial charge in [-0.2, -0.15) is 0 Å². The van der Waals surface area contributed by atoms with Crippen LogP contribution in [-0.2, 0) is 17.8 Å². The van der Waals surface area contributed by atoms with Crippen LogP contribution in [0.2, 0.25) is 0 Å². The molecule has 2 unspecified atom stereocenters. The second kappa shape index (κ2) is 6.76. The number of carbonyl (C=O) groups excluding carboxylic acids is 1. The van der Waals surface area contributed by atoms with Crippen molar-refractivity contribution in [2.24, 2.45) is 0 Å². The molecule has 7 heteroatoms. The zero-order valence-electron chi connectivity index (χ0n) is 11.2. The molecule has 0 spiro atoms. The highest BCUT2D eigenvalue weighted by Gasteiger charge is 2.17. The molecule has 0 bridgehead atoms. The molecule has 2 atom stereocenters. The Labute approximate surface area is 116 Å². The third kappa shape index (κ3) is 4.13. The van der Waals surface area contributed by atoms with Gasteiger partial charge in [0.1, 0.15) is 12.9 Å². The zero-order chi connectivity index (χ0) is 14.4. The van der Waals surface area contributed by atoms with Crippen LogP contribution >= 0.6 is 0 Å². The van der Waals surface area contributed by atoms with Crippen molar-refractivity contribution >= 4 is 5.91 Å². The van der Waals surface area contributed by atoms with E-state index in [9.17, 15) is 9.90 Å². The van der Waals surface area contributed by atoms with Crippen LogP contribution in [0.1, 0.15) is 12.5 Å². The summed E-state index contributed by atoms with van der Waals surface area (Å²) in [4.78, 5) is 11.7. The van der Waals surface area contributed by atoms with Crippen LogP contribution in [0.15, 0.2) is 36.7 Å². The quantitative estimate of drug-likeness (QED) is 0.760. The first-order valence-corrected chi connectivity index (χ1v) is 6.37. The van der Waals surface area contributed by atoms with Crippen molar-refractivity contribution in [3.63, 3.8) is 0 Å². The lowest BCUT2D eigenvalue weighted by atomic mass is 10.0. The Balaban J connectivity index is 1.81. The fourth-order valence-electron chi connectivity index (χ4n) is 1.83. The summed E-state index contributed by atoms with van der Waals surface area (Å²) < 4.78 is 1.33. The SMILES string of the molecule is CC(NC(=O)Cn1cnnn1)C(O)Cc1ccccc1. The number of nitrogens with zero attached hydrogens (tertiary/aromatic N) is 4. The molecule has 1 aromatic heterocycles. The van der Waals surface area contributed by atoms with Crippen LogP contribution in [0.5, 0.6) is 0 Å². The molecule has 2 aromatic rings. The summed E-state index contributed by atoms with van der Waals surface area (Å²) >= 11 is 0. The Morgan fingerprint density at radius 3 is 2.80 bits per heavy atom. The van der Waals surface area contributed by atoms with Crippen molar-refractivity contribution in [2.75, 3.05) is 0 Å². The van der Waals surface area contributed by atoms with Gasteiger partial charge in [-0.1, -0.05) is 30.3 Å². The van der Waals surface area contributed by atoms with Crippen LogP contribution < -0.4 is 5.32 Å². The molecule has 1 amide bonds. The van der Waals surface area contributed by atoms with Crippen molar-refractivity contribution in [3.05, 3.63) is 42.2 Å². The van der Waals surface area contributed by atoms with E-state index in [-0.39, 0.29) is 18.5 Å². The van der Waals surface area contributed by atoms with Gasteiger partial charge < -0.3 is 10.4 Å². The van der Waals surface area contributed by atoms with Crippen molar-refractivity contribution in [1.82, 2.24) is 25.5 Å².